The third kappa shape index (κ3) is 8.10. The van der Waals surface area contributed by atoms with E-state index in [1.54, 1.807) is 13.0 Å². The second kappa shape index (κ2) is 13.3. The molecule has 0 spiro atoms. The summed E-state index contributed by atoms with van der Waals surface area (Å²) < 4.78 is 95.2. The number of rotatable bonds is 9. The van der Waals surface area contributed by atoms with Crippen molar-refractivity contribution >= 4 is 17.4 Å². The van der Waals surface area contributed by atoms with E-state index in [0.29, 0.717) is 60.2 Å². The molecule has 250 valence electrons. The van der Waals surface area contributed by atoms with Crippen molar-refractivity contribution in [1.82, 2.24) is 4.98 Å². The maximum absolute atomic E-state index is 14.0. The van der Waals surface area contributed by atoms with Crippen molar-refractivity contribution in [2.75, 3.05) is 11.9 Å². The summed E-state index contributed by atoms with van der Waals surface area (Å²) in [5, 5.41) is 22.1. The highest BCUT2D eigenvalue weighted by atomic mass is 19.4. The summed E-state index contributed by atoms with van der Waals surface area (Å²) in [4.78, 5) is 29.2. The Morgan fingerprint density at radius 3 is 2.00 bits per heavy atom. The maximum atomic E-state index is 14.0. The zero-order valence-corrected chi connectivity index (χ0v) is 25.7. The highest BCUT2D eigenvalue weighted by molar-refractivity contribution is 5.94. The van der Waals surface area contributed by atoms with Crippen LogP contribution >= 0.6 is 0 Å². The lowest BCUT2D eigenvalue weighted by molar-refractivity contribution is -0.143. The molecule has 0 amide bonds. The summed E-state index contributed by atoms with van der Waals surface area (Å²) in [5.41, 5.74) is -3.48. The molecule has 13 heteroatoms. The first kappa shape index (κ1) is 35.4. The molecule has 47 heavy (non-hydrogen) atoms. The standard InChI is InChI=1S/C34H32F7N3O3/c1-18-10-24(35)8-9-25(18)26-15-27(20-6-4-19(5-7-20)11-30(46)47)44-28(16-42)31(26)43-17-29(45)32(2,3)21-12-22(33(36,37)38)14-23(13-21)34(39,40)41/h8-10,12-15,19-20,43H,4-7,11,17H2,1-3H3,(H,46,47). The van der Waals surface area contributed by atoms with E-state index >= 15 is 0 Å². The fourth-order valence-electron chi connectivity index (χ4n) is 5.95. The Hall–Kier alpha value is -4.47. The number of Topliss-reactive ketones (excluding diaryl/α,β-unsaturated/α-hetero) is 1. The van der Waals surface area contributed by atoms with E-state index in [4.69, 9.17) is 5.11 Å². The first-order chi connectivity index (χ1) is 21.8. The number of aryl methyl sites for hydroxylation is 1. The van der Waals surface area contributed by atoms with Gasteiger partial charge < -0.3 is 10.4 Å². The average molecular weight is 664 g/mol. The number of anilines is 1. The van der Waals surface area contributed by atoms with Gasteiger partial charge in [0.2, 0.25) is 0 Å². The van der Waals surface area contributed by atoms with E-state index in [9.17, 15) is 45.6 Å². The molecule has 0 atom stereocenters. The topological polar surface area (TPSA) is 103 Å². The van der Waals surface area contributed by atoms with Crippen LogP contribution in [0.2, 0.25) is 0 Å². The minimum Gasteiger partial charge on any atom is -0.481 e. The second-order valence-corrected chi connectivity index (χ2v) is 12.4. The number of nitrogens with one attached hydrogen (secondary N) is 1. The van der Waals surface area contributed by atoms with Gasteiger partial charge >= 0.3 is 18.3 Å². The molecule has 1 heterocycles. The van der Waals surface area contributed by atoms with E-state index < -0.39 is 58.6 Å². The number of carboxylic acids is 1. The summed E-state index contributed by atoms with van der Waals surface area (Å²) in [6.45, 7) is 3.48. The highest BCUT2D eigenvalue weighted by Gasteiger charge is 2.40. The molecule has 1 aliphatic rings. The van der Waals surface area contributed by atoms with Gasteiger partial charge in [-0.3, -0.25) is 9.59 Å². The molecule has 0 radical (unpaired) electrons. The summed E-state index contributed by atoms with van der Waals surface area (Å²) >= 11 is 0. The van der Waals surface area contributed by atoms with Crippen LogP contribution in [0.4, 0.5) is 36.4 Å². The lowest BCUT2D eigenvalue weighted by Gasteiger charge is -2.29. The van der Waals surface area contributed by atoms with Crippen molar-refractivity contribution in [3.63, 3.8) is 0 Å². The Balaban J connectivity index is 1.71. The monoisotopic (exact) mass is 663 g/mol. The van der Waals surface area contributed by atoms with E-state index in [-0.39, 0.29) is 35.7 Å². The third-order valence-electron chi connectivity index (χ3n) is 8.78. The number of benzene rings is 2. The number of alkyl halides is 6. The summed E-state index contributed by atoms with van der Waals surface area (Å²) in [6, 6.07) is 8.73. The van der Waals surface area contributed by atoms with Crippen LogP contribution in [0.15, 0.2) is 42.5 Å². The minimum atomic E-state index is -5.10. The zero-order valence-electron chi connectivity index (χ0n) is 25.7. The quantitative estimate of drug-likeness (QED) is 0.222. The number of pyridine rings is 1. The number of ketones is 1. The van der Waals surface area contributed by atoms with Crippen LogP contribution < -0.4 is 5.32 Å². The number of carbonyl (C=O) groups excluding carboxylic acids is 1. The number of halogens is 7. The number of aliphatic carboxylic acids is 1. The van der Waals surface area contributed by atoms with Gasteiger partial charge in [-0.25, -0.2) is 9.37 Å². The maximum Gasteiger partial charge on any atom is 0.416 e. The van der Waals surface area contributed by atoms with Gasteiger partial charge in [0, 0.05) is 23.6 Å². The van der Waals surface area contributed by atoms with Crippen molar-refractivity contribution in [2.45, 2.75) is 76.6 Å². The fourth-order valence-corrected chi connectivity index (χ4v) is 5.95. The van der Waals surface area contributed by atoms with Crippen molar-refractivity contribution in [3.8, 4) is 17.2 Å². The average Bonchev–Trinajstić information content (AvgIpc) is 2.98. The Morgan fingerprint density at radius 1 is 0.915 bits per heavy atom. The van der Waals surface area contributed by atoms with Crippen LogP contribution in [0.1, 0.15) is 85.5 Å². The molecule has 0 bridgehead atoms. The molecule has 1 aliphatic carbocycles. The SMILES string of the molecule is Cc1cc(F)ccc1-c1cc(C2CCC(CC(=O)O)CC2)nc(C#N)c1NCC(=O)C(C)(C)c1cc(C(F)(F)F)cc(C(F)(F)F)c1. The Kier molecular flexibility index (Phi) is 10.0. The number of aromatic nitrogens is 1. The molecule has 6 nitrogen and oxygen atoms in total. The molecular weight excluding hydrogens is 631 g/mol. The number of nitriles is 1. The number of hydrogen-bond donors (Lipinski definition) is 2. The predicted octanol–water partition coefficient (Wildman–Crippen LogP) is 8.81. The number of nitrogens with zero attached hydrogens (tertiary/aromatic N) is 2. The van der Waals surface area contributed by atoms with Gasteiger partial charge in [0.25, 0.3) is 0 Å². The summed E-state index contributed by atoms with van der Waals surface area (Å²) in [5.74, 6) is -2.25. The molecule has 2 N–H and O–H groups in total. The van der Waals surface area contributed by atoms with E-state index in [0.717, 1.165) is 0 Å². The van der Waals surface area contributed by atoms with Crippen LogP contribution in [0.3, 0.4) is 0 Å². The van der Waals surface area contributed by atoms with Gasteiger partial charge in [0.15, 0.2) is 11.5 Å². The Labute approximate surface area is 266 Å². The van der Waals surface area contributed by atoms with E-state index in [2.05, 4.69) is 10.3 Å². The van der Waals surface area contributed by atoms with Crippen LogP contribution in [0.25, 0.3) is 11.1 Å². The molecule has 0 unspecified atom stereocenters. The van der Waals surface area contributed by atoms with Crippen molar-refractivity contribution in [1.29, 1.82) is 5.26 Å². The molecule has 0 aliphatic heterocycles. The van der Waals surface area contributed by atoms with Crippen LogP contribution in [0, 0.1) is 30.0 Å². The number of hydrogen-bond acceptors (Lipinski definition) is 5. The van der Waals surface area contributed by atoms with Gasteiger partial charge in [-0.2, -0.15) is 31.6 Å². The largest absolute Gasteiger partial charge is 0.481 e. The predicted molar refractivity (Wildman–Crippen MR) is 159 cm³/mol. The van der Waals surface area contributed by atoms with Gasteiger partial charge in [-0.1, -0.05) is 6.07 Å². The number of carboxylic acid groups (broad SMARTS) is 1. The van der Waals surface area contributed by atoms with Crippen LogP contribution in [-0.4, -0.2) is 28.4 Å². The van der Waals surface area contributed by atoms with E-state index in [1.165, 1.54) is 32.0 Å². The van der Waals surface area contributed by atoms with Crippen molar-refractivity contribution in [3.05, 3.63) is 81.9 Å². The van der Waals surface area contributed by atoms with E-state index in [1.807, 2.05) is 6.07 Å². The summed E-state index contributed by atoms with van der Waals surface area (Å²) in [7, 11) is 0. The molecular formula is C34H32F7N3O3. The van der Waals surface area contributed by atoms with Crippen molar-refractivity contribution in [2.24, 2.45) is 5.92 Å². The van der Waals surface area contributed by atoms with Gasteiger partial charge in [0.1, 0.15) is 11.9 Å². The molecule has 4 rings (SSSR count). The molecule has 0 saturated heterocycles. The van der Waals surface area contributed by atoms with Gasteiger partial charge in [0.05, 0.1) is 28.8 Å². The minimum absolute atomic E-state index is 0.00927. The second-order valence-electron chi connectivity index (χ2n) is 12.4. The normalized spacial score (nSPS) is 17.2. The van der Waals surface area contributed by atoms with Crippen molar-refractivity contribution < 1.29 is 45.4 Å². The van der Waals surface area contributed by atoms with Crippen LogP contribution in [-0.2, 0) is 27.4 Å². The lowest BCUT2D eigenvalue weighted by Crippen LogP contribution is -2.35. The number of carbonyl (C=O) groups is 2. The third-order valence-corrected chi connectivity index (χ3v) is 8.78. The molecule has 1 fully saturated rings. The fraction of sp³-hybridized carbons (Fsp3) is 0.412. The Morgan fingerprint density at radius 2 is 1.49 bits per heavy atom. The first-order valence-corrected chi connectivity index (χ1v) is 14.8. The molecule has 2 aromatic carbocycles. The van der Waals surface area contributed by atoms with Gasteiger partial charge in [-0.15, -0.1) is 0 Å². The Bertz CT molecular complexity index is 1690. The molecule has 1 aromatic heterocycles. The molecule has 3 aromatic rings. The highest BCUT2D eigenvalue weighted by Crippen LogP contribution is 2.42. The van der Waals surface area contributed by atoms with Gasteiger partial charge in [-0.05, 0) is 105 Å². The smallest absolute Gasteiger partial charge is 0.416 e. The molecule has 1 saturated carbocycles. The summed E-state index contributed by atoms with van der Waals surface area (Å²) in [6.07, 6.45) is -7.63. The first-order valence-electron chi connectivity index (χ1n) is 14.8. The lowest BCUT2D eigenvalue weighted by atomic mass is 9.78. The van der Waals surface area contributed by atoms with Crippen LogP contribution in [0.5, 0.6) is 0 Å². The zero-order chi connectivity index (χ0) is 34.9.